The first-order valence-electron chi connectivity index (χ1n) is 8.40. The van der Waals surface area contributed by atoms with Gasteiger partial charge in [-0.05, 0) is 45.2 Å². The molecule has 2 unspecified atom stereocenters. The summed E-state index contributed by atoms with van der Waals surface area (Å²) in [6, 6.07) is 1.35. The van der Waals surface area contributed by atoms with E-state index in [1.807, 2.05) is 0 Å². The van der Waals surface area contributed by atoms with Crippen molar-refractivity contribution in [2.75, 3.05) is 33.2 Å². The van der Waals surface area contributed by atoms with Gasteiger partial charge >= 0.3 is 0 Å². The van der Waals surface area contributed by atoms with Crippen molar-refractivity contribution in [3.8, 4) is 0 Å². The first-order valence-corrected chi connectivity index (χ1v) is 8.40. The number of hydrogen-bond donors (Lipinski definition) is 1. The highest BCUT2D eigenvalue weighted by Crippen LogP contribution is 2.30. The zero-order chi connectivity index (χ0) is 13.7. The quantitative estimate of drug-likeness (QED) is 0.848. The summed E-state index contributed by atoms with van der Waals surface area (Å²) in [7, 11) is 2.27. The summed E-state index contributed by atoms with van der Waals surface area (Å²) in [5.41, 5.74) is 6.18. The van der Waals surface area contributed by atoms with Crippen molar-refractivity contribution in [3.05, 3.63) is 0 Å². The van der Waals surface area contributed by atoms with Crippen LogP contribution in [0, 0.1) is 5.92 Å². The van der Waals surface area contributed by atoms with Gasteiger partial charge in [0.25, 0.3) is 0 Å². The standard InChI is InChI=1S/C16H33N3/c1-3-15-13-18(2)10-7-11-19(15)16(12-17)14-8-5-4-6-9-14/h14-16H,3-13,17H2,1-2H3. The van der Waals surface area contributed by atoms with Gasteiger partial charge in [-0.1, -0.05) is 26.2 Å². The summed E-state index contributed by atoms with van der Waals surface area (Å²) in [5.74, 6) is 0.858. The lowest BCUT2D eigenvalue weighted by atomic mass is 9.82. The fourth-order valence-electron chi connectivity index (χ4n) is 4.18. The predicted molar refractivity (Wildman–Crippen MR) is 82.3 cm³/mol. The lowest BCUT2D eigenvalue weighted by Crippen LogP contribution is -2.52. The van der Waals surface area contributed by atoms with Crippen molar-refractivity contribution >= 4 is 0 Å². The maximum absolute atomic E-state index is 6.18. The highest BCUT2D eigenvalue weighted by molar-refractivity contribution is 4.88. The van der Waals surface area contributed by atoms with Gasteiger partial charge in [0.15, 0.2) is 0 Å². The Morgan fingerprint density at radius 3 is 2.47 bits per heavy atom. The topological polar surface area (TPSA) is 32.5 Å². The van der Waals surface area contributed by atoms with Gasteiger partial charge in [-0.3, -0.25) is 4.90 Å². The van der Waals surface area contributed by atoms with Crippen molar-refractivity contribution in [2.45, 2.75) is 64.0 Å². The second-order valence-electron chi connectivity index (χ2n) is 6.62. The summed E-state index contributed by atoms with van der Waals surface area (Å²) in [6.07, 6.45) is 9.66. The Morgan fingerprint density at radius 2 is 1.84 bits per heavy atom. The fourth-order valence-corrected chi connectivity index (χ4v) is 4.18. The average molecular weight is 267 g/mol. The molecule has 0 aromatic carbocycles. The van der Waals surface area contributed by atoms with Crippen LogP contribution in [0.25, 0.3) is 0 Å². The molecule has 1 saturated carbocycles. The molecule has 0 spiro atoms. The first kappa shape index (κ1) is 15.3. The van der Waals surface area contributed by atoms with Crippen LogP contribution in [0.15, 0.2) is 0 Å². The van der Waals surface area contributed by atoms with Crippen LogP contribution in [0.5, 0.6) is 0 Å². The number of hydrogen-bond acceptors (Lipinski definition) is 3. The number of likely N-dealkylation sites (N-methyl/N-ethyl adjacent to an activating group) is 1. The van der Waals surface area contributed by atoms with Gasteiger partial charge in [0.05, 0.1) is 0 Å². The van der Waals surface area contributed by atoms with E-state index in [1.54, 1.807) is 0 Å². The third kappa shape index (κ3) is 3.93. The minimum atomic E-state index is 0.636. The molecule has 0 aromatic rings. The molecule has 2 rings (SSSR count). The molecule has 0 amide bonds. The Labute approximate surface area is 119 Å². The summed E-state index contributed by atoms with van der Waals surface area (Å²) in [5, 5.41) is 0. The van der Waals surface area contributed by atoms with E-state index in [1.165, 1.54) is 64.6 Å². The minimum absolute atomic E-state index is 0.636. The van der Waals surface area contributed by atoms with Crippen molar-refractivity contribution in [2.24, 2.45) is 11.7 Å². The smallest absolute Gasteiger partial charge is 0.0250 e. The molecule has 0 radical (unpaired) electrons. The molecule has 3 heteroatoms. The molecular formula is C16H33N3. The van der Waals surface area contributed by atoms with E-state index in [9.17, 15) is 0 Å². The molecule has 3 nitrogen and oxygen atoms in total. The van der Waals surface area contributed by atoms with Crippen molar-refractivity contribution in [1.29, 1.82) is 0 Å². The van der Waals surface area contributed by atoms with Crippen LogP contribution in [-0.2, 0) is 0 Å². The van der Waals surface area contributed by atoms with Gasteiger partial charge in [-0.25, -0.2) is 0 Å². The van der Waals surface area contributed by atoms with Gasteiger partial charge in [-0.2, -0.15) is 0 Å². The predicted octanol–water partition coefficient (Wildman–Crippen LogP) is 2.31. The SMILES string of the molecule is CCC1CN(C)CCCN1C(CN)C1CCCCC1. The zero-order valence-corrected chi connectivity index (χ0v) is 13.0. The molecule has 112 valence electrons. The van der Waals surface area contributed by atoms with E-state index in [4.69, 9.17) is 5.73 Å². The molecule has 1 heterocycles. The van der Waals surface area contributed by atoms with Crippen LogP contribution in [0.4, 0.5) is 0 Å². The van der Waals surface area contributed by atoms with Gasteiger partial charge in [0, 0.05) is 31.7 Å². The number of nitrogens with two attached hydrogens (primary N) is 1. The molecule has 0 aromatic heterocycles. The molecular weight excluding hydrogens is 234 g/mol. The molecule has 2 fully saturated rings. The highest BCUT2D eigenvalue weighted by atomic mass is 15.3. The molecule has 19 heavy (non-hydrogen) atoms. The van der Waals surface area contributed by atoms with E-state index in [0.29, 0.717) is 12.1 Å². The van der Waals surface area contributed by atoms with Crippen LogP contribution < -0.4 is 5.73 Å². The lowest BCUT2D eigenvalue weighted by Gasteiger charge is -2.42. The first-order chi connectivity index (χ1) is 9.26. The second kappa shape index (κ2) is 7.61. The van der Waals surface area contributed by atoms with Crippen LogP contribution in [0.3, 0.4) is 0 Å². The summed E-state index contributed by atoms with van der Waals surface area (Å²) in [4.78, 5) is 5.28. The van der Waals surface area contributed by atoms with Crippen molar-refractivity contribution in [1.82, 2.24) is 9.80 Å². The highest BCUT2D eigenvalue weighted by Gasteiger charge is 2.32. The molecule has 1 aliphatic heterocycles. The third-order valence-electron chi connectivity index (χ3n) is 5.28. The molecule has 1 aliphatic carbocycles. The molecule has 2 N–H and O–H groups in total. The van der Waals surface area contributed by atoms with Crippen LogP contribution >= 0.6 is 0 Å². The van der Waals surface area contributed by atoms with Gasteiger partial charge in [0.1, 0.15) is 0 Å². The number of rotatable bonds is 4. The van der Waals surface area contributed by atoms with E-state index in [0.717, 1.165) is 12.5 Å². The average Bonchev–Trinajstić information content (AvgIpc) is 2.63. The van der Waals surface area contributed by atoms with Crippen molar-refractivity contribution < 1.29 is 0 Å². The maximum atomic E-state index is 6.18. The van der Waals surface area contributed by atoms with E-state index >= 15 is 0 Å². The largest absolute Gasteiger partial charge is 0.329 e. The van der Waals surface area contributed by atoms with Crippen LogP contribution in [-0.4, -0.2) is 55.1 Å². The Kier molecular flexibility index (Phi) is 6.11. The summed E-state index contributed by atoms with van der Waals surface area (Å²) in [6.45, 7) is 6.91. The Morgan fingerprint density at radius 1 is 1.11 bits per heavy atom. The normalized spacial score (nSPS) is 30.2. The fraction of sp³-hybridized carbons (Fsp3) is 1.00. The summed E-state index contributed by atoms with van der Waals surface area (Å²) < 4.78 is 0. The van der Waals surface area contributed by atoms with Crippen molar-refractivity contribution in [3.63, 3.8) is 0 Å². The lowest BCUT2D eigenvalue weighted by molar-refractivity contribution is 0.0774. The second-order valence-corrected chi connectivity index (χ2v) is 6.62. The Hall–Kier alpha value is -0.120. The van der Waals surface area contributed by atoms with Crippen LogP contribution in [0.2, 0.25) is 0 Å². The molecule has 2 atom stereocenters. The maximum Gasteiger partial charge on any atom is 0.0250 e. The van der Waals surface area contributed by atoms with Gasteiger partial charge in [-0.15, -0.1) is 0 Å². The zero-order valence-electron chi connectivity index (χ0n) is 13.0. The Bertz CT molecular complexity index is 250. The van der Waals surface area contributed by atoms with E-state index in [-0.39, 0.29) is 0 Å². The van der Waals surface area contributed by atoms with E-state index in [2.05, 4.69) is 23.8 Å². The molecule has 1 saturated heterocycles. The summed E-state index contributed by atoms with van der Waals surface area (Å²) >= 11 is 0. The minimum Gasteiger partial charge on any atom is -0.329 e. The molecule has 2 aliphatic rings. The van der Waals surface area contributed by atoms with Gasteiger partial charge in [0.2, 0.25) is 0 Å². The monoisotopic (exact) mass is 267 g/mol. The van der Waals surface area contributed by atoms with E-state index < -0.39 is 0 Å². The third-order valence-corrected chi connectivity index (χ3v) is 5.28. The Balaban J connectivity index is 2.05. The molecule has 0 bridgehead atoms. The van der Waals surface area contributed by atoms with Gasteiger partial charge < -0.3 is 10.6 Å². The number of nitrogens with zero attached hydrogens (tertiary/aromatic N) is 2. The van der Waals surface area contributed by atoms with Crippen LogP contribution in [0.1, 0.15) is 51.9 Å².